The van der Waals surface area contributed by atoms with E-state index < -0.39 is 29.7 Å². The van der Waals surface area contributed by atoms with Gasteiger partial charge in [0.2, 0.25) is 11.8 Å². The lowest BCUT2D eigenvalue weighted by atomic mass is 9.68. The van der Waals surface area contributed by atoms with Crippen LogP contribution in [0.5, 0.6) is 5.75 Å². The van der Waals surface area contributed by atoms with E-state index in [2.05, 4.69) is 22.9 Å². The van der Waals surface area contributed by atoms with Gasteiger partial charge in [-0.05, 0) is 56.4 Å². The number of carbonyl (C=O) groups is 3. The van der Waals surface area contributed by atoms with E-state index in [1.807, 2.05) is 19.1 Å². The summed E-state index contributed by atoms with van der Waals surface area (Å²) in [6, 6.07) is 5.33. The highest BCUT2D eigenvalue weighted by Gasteiger charge is 2.58. The summed E-state index contributed by atoms with van der Waals surface area (Å²) in [7, 11) is 1.18. The zero-order valence-corrected chi connectivity index (χ0v) is 21.3. The summed E-state index contributed by atoms with van der Waals surface area (Å²) in [5.74, 6) is -1.97. The van der Waals surface area contributed by atoms with Gasteiger partial charge in [-0.2, -0.15) is 4.90 Å². The molecule has 8 heteroatoms. The Morgan fingerprint density at radius 3 is 2.76 bits per heavy atom. The number of imide groups is 3. The fourth-order valence-corrected chi connectivity index (χ4v) is 6.00. The first kappa shape index (κ1) is 24.7. The number of carbonyl (C=O) groups excluding carboxylic acids is 3. The van der Waals surface area contributed by atoms with Crippen molar-refractivity contribution in [3.05, 3.63) is 45.0 Å². The molecule has 34 heavy (non-hydrogen) atoms. The van der Waals surface area contributed by atoms with Crippen molar-refractivity contribution >= 4 is 39.9 Å². The number of amides is 3. The smallest absolute Gasteiger partial charge is 0.423 e. The van der Waals surface area contributed by atoms with Crippen molar-refractivity contribution in [3.63, 3.8) is 0 Å². The lowest BCUT2D eigenvalue weighted by Crippen LogP contribution is -2.38. The minimum Gasteiger partial charge on any atom is -0.507 e. The van der Waals surface area contributed by atoms with Crippen molar-refractivity contribution in [2.45, 2.75) is 52.1 Å². The number of methoxy groups -OCH3 is 1. The highest BCUT2D eigenvalue weighted by atomic mass is 79.9. The average Bonchev–Trinajstić information content (AvgIpc) is 3.33. The van der Waals surface area contributed by atoms with Crippen LogP contribution in [0.1, 0.15) is 51.5 Å². The van der Waals surface area contributed by atoms with E-state index in [1.54, 1.807) is 12.1 Å². The van der Waals surface area contributed by atoms with E-state index in [-0.39, 0.29) is 17.8 Å². The number of hydrogen-bond donors (Lipinski definition) is 1. The molecular formula is C26H30BrNO6. The molecule has 2 heterocycles. The molecule has 1 N–H and O–H groups in total. The number of allylic oxidation sites excluding steroid dienone is 2. The number of rotatable bonds is 6. The van der Waals surface area contributed by atoms with E-state index in [0.29, 0.717) is 17.9 Å². The Morgan fingerprint density at radius 2 is 2.06 bits per heavy atom. The number of ether oxygens (including phenoxy) is 2. The maximum absolute atomic E-state index is 13.1. The number of phenolic OH excluding ortho intramolecular Hbond substituents is 1. The summed E-state index contributed by atoms with van der Waals surface area (Å²) >= 11 is 3.44. The van der Waals surface area contributed by atoms with Gasteiger partial charge in [0.05, 0.1) is 31.7 Å². The van der Waals surface area contributed by atoms with Gasteiger partial charge < -0.3 is 14.6 Å². The molecular weight excluding hydrogens is 502 g/mol. The second-order valence-corrected chi connectivity index (χ2v) is 10.2. The van der Waals surface area contributed by atoms with Crippen LogP contribution in [0.15, 0.2) is 39.4 Å². The molecule has 4 atom stereocenters. The van der Waals surface area contributed by atoms with E-state index in [9.17, 15) is 19.5 Å². The third-order valence-electron chi connectivity index (χ3n) is 7.11. The maximum Gasteiger partial charge on any atom is 0.423 e. The van der Waals surface area contributed by atoms with Crippen LogP contribution in [0, 0.1) is 17.8 Å². The van der Waals surface area contributed by atoms with Crippen LogP contribution in [-0.4, -0.2) is 47.7 Å². The van der Waals surface area contributed by atoms with Crippen molar-refractivity contribution in [2.24, 2.45) is 17.8 Å². The van der Waals surface area contributed by atoms with Gasteiger partial charge >= 0.3 is 6.09 Å². The topological polar surface area (TPSA) is 93.1 Å². The van der Waals surface area contributed by atoms with Crippen molar-refractivity contribution in [3.8, 4) is 5.75 Å². The molecule has 1 aromatic carbocycles. The Hall–Kier alpha value is -2.45. The Bertz CT molecular complexity index is 1080. The Kier molecular flexibility index (Phi) is 7.28. The molecule has 2 fully saturated rings. The number of aromatic hydroxyl groups is 1. The molecule has 182 valence electrons. The number of likely N-dealkylation sites (tertiary alicyclic amines) is 1. The second-order valence-electron chi connectivity index (χ2n) is 9.29. The van der Waals surface area contributed by atoms with Gasteiger partial charge in [-0.3, -0.25) is 9.59 Å². The van der Waals surface area contributed by atoms with Gasteiger partial charge in [-0.1, -0.05) is 46.5 Å². The van der Waals surface area contributed by atoms with Gasteiger partial charge in [0.1, 0.15) is 5.75 Å². The number of halogens is 1. The molecule has 3 aliphatic rings. The van der Waals surface area contributed by atoms with Crippen LogP contribution in [0.3, 0.4) is 0 Å². The monoisotopic (exact) mass is 531 g/mol. The molecule has 0 spiro atoms. The largest absolute Gasteiger partial charge is 0.507 e. The number of nitrogens with zero attached hydrogens (tertiary/aromatic N) is 1. The summed E-state index contributed by atoms with van der Waals surface area (Å²) in [5, 5.41) is 10.1. The zero-order valence-electron chi connectivity index (χ0n) is 19.7. The minimum absolute atomic E-state index is 0.123. The first-order valence-electron chi connectivity index (χ1n) is 11.7. The summed E-state index contributed by atoms with van der Waals surface area (Å²) in [6.07, 6.45) is 4.71. The lowest BCUT2D eigenvalue weighted by Gasteiger charge is -2.31. The van der Waals surface area contributed by atoms with Gasteiger partial charge in [-0.25, -0.2) is 4.79 Å². The number of benzene rings is 1. The van der Waals surface area contributed by atoms with Gasteiger partial charge in [0.15, 0.2) is 0 Å². The first-order chi connectivity index (χ1) is 16.3. The predicted molar refractivity (Wildman–Crippen MR) is 130 cm³/mol. The van der Waals surface area contributed by atoms with Crippen LogP contribution in [0.4, 0.5) is 4.79 Å². The van der Waals surface area contributed by atoms with E-state index in [4.69, 9.17) is 9.47 Å². The van der Waals surface area contributed by atoms with Gasteiger partial charge in [0, 0.05) is 16.0 Å². The molecule has 0 bridgehead atoms. The van der Waals surface area contributed by atoms with Crippen molar-refractivity contribution in [2.75, 3.05) is 13.7 Å². The minimum atomic E-state index is -0.907. The van der Waals surface area contributed by atoms with Crippen molar-refractivity contribution in [1.29, 1.82) is 0 Å². The zero-order chi connectivity index (χ0) is 24.6. The highest BCUT2D eigenvalue weighted by molar-refractivity contribution is 9.10. The fourth-order valence-electron chi connectivity index (χ4n) is 5.62. The number of phenols is 1. The van der Waals surface area contributed by atoms with Gasteiger partial charge in [0.25, 0.3) is 0 Å². The molecule has 2 saturated heterocycles. The molecule has 7 nitrogen and oxygen atoms in total. The molecule has 1 aromatic rings. The molecule has 3 amide bonds. The molecule has 0 saturated carbocycles. The van der Waals surface area contributed by atoms with Gasteiger partial charge in [-0.15, -0.1) is 0 Å². The van der Waals surface area contributed by atoms with Crippen LogP contribution in [-0.2, 0) is 19.1 Å². The molecule has 1 aliphatic carbocycles. The number of fused-ring (bicyclic) bond motifs is 3. The third-order valence-corrected chi connectivity index (χ3v) is 7.60. The Labute approximate surface area is 207 Å². The maximum atomic E-state index is 13.1. The third kappa shape index (κ3) is 4.45. The quantitative estimate of drug-likeness (QED) is 0.399. The summed E-state index contributed by atoms with van der Waals surface area (Å²) in [4.78, 5) is 38.8. The van der Waals surface area contributed by atoms with E-state index in [0.717, 1.165) is 46.9 Å². The standard InChI is InChI=1S/C26H30BrNO6/c1-4-5-15-12-18-23(25(31)28(24(18)30)26(32)33-3)19-13-34-21(22(15)19)9-6-14(2)10-16-11-17(27)7-8-20(16)29/h7-8,10-11,18-19,21,23,29H,4-6,9,12-13H2,1-3H3/b14-10+/t18-,19+,21-,23-/m1/s1. The summed E-state index contributed by atoms with van der Waals surface area (Å²) in [6.45, 7) is 4.50. The molecule has 0 unspecified atom stereocenters. The number of hydrogen-bond acceptors (Lipinski definition) is 6. The Morgan fingerprint density at radius 1 is 1.29 bits per heavy atom. The predicted octanol–water partition coefficient (Wildman–Crippen LogP) is 5.22. The second kappa shape index (κ2) is 10.0. The van der Waals surface area contributed by atoms with Crippen molar-refractivity contribution < 1.29 is 29.0 Å². The lowest BCUT2D eigenvalue weighted by molar-refractivity contribution is -0.137. The van der Waals surface area contributed by atoms with Crippen molar-refractivity contribution in [1.82, 2.24) is 4.90 Å². The van der Waals surface area contributed by atoms with Crippen LogP contribution >= 0.6 is 15.9 Å². The van der Waals surface area contributed by atoms with E-state index in [1.165, 1.54) is 12.7 Å². The highest BCUT2D eigenvalue weighted by Crippen LogP contribution is 2.50. The molecule has 4 rings (SSSR count). The fraction of sp³-hybridized carbons (Fsp3) is 0.500. The van der Waals surface area contributed by atoms with Crippen LogP contribution < -0.4 is 0 Å². The molecule has 0 aromatic heterocycles. The Balaban J connectivity index is 1.55. The molecule has 2 aliphatic heterocycles. The first-order valence-corrected chi connectivity index (χ1v) is 12.5. The van der Waals surface area contributed by atoms with Crippen LogP contribution in [0.25, 0.3) is 6.08 Å². The average molecular weight is 532 g/mol. The normalized spacial score (nSPS) is 26.7. The van der Waals surface area contributed by atoms with E-state index >= 15 is 0 Å². The molecule has 0 radical (unpaired) electrons. The summed E-state index contributed by atoms with van der Waals surface area (Å²) < 4.78 is 11.8. The summed E-state index contributed by atoms with van der Waals surface area (Å²) in [5.41, 5.74) is 4.20. The van der Waals surface area contributed by atoms with Crippen LogP contribution in [0.2, 0.25) is 0 Å². The SMILES string of the molecule is CCCC1=C2[C@@H](CC/C(C)=C/c3cc(Br)ccc3O)OC[C@@H]2[C@@H]2C(=O)N(C(=O)OC)C(=O)[C@@H]2C1.